The zero-order chi connectivity index (χ0) is 14.0. The van der Waals surface area contributed by atoms with Gasteiger partial charge >= 0.3 is 0 Å². The van der Waals surface area contributed by atoms with Crippen LogP contribution in [0.25, 0.3) is 0 Å². The van der Waals surface area contributed by atoms with Gasteiger partial charge in [0.05, 0.1) is 10.7 Å². The molecule has 1 aromatic rings. The molecule has 0 bridgehead atoms. The van der Waals surface area contributed by atoms with E-state index in [9.17, 15) is 18.5 Å². The summed E-state index contributed by atoms with van der Waals surface area (Å²) in [5.74, 6) is -0.155. The van der Waals surface area contributed by atoms with E-state index in [-0.39, 0.29) is 17.5 Å². The molecule has 0 aliphatic carbocycles. The van der Waals surface area contributed by atoms with Crippen molar-refractivity contribution < 1.29 is 13.3 Å². The number of nitro benzene ring substituents is 1. The van der Waals surface area contributed by atoms with Crippen molar-refractivity contribution in [2.24, 2.45) is 5.73 Å². The van der Waals surface area contributed by atoms with Crippen LogP contribution in [-0.2, 0) is 15.8 Å². The summed E-state index contributed by atoms with van der Waals surface area (Å²) in [6.45, 7) is 0.784. The molecule has 1 fully saturated rings. The summed E-state index contributed by atoms with van der Waals surface area (Å²) >= 11 is 0. The highest BCUT2D eigenvalue weighted by atomic mass is 32.2. The van der Waals surface area contributed by atoms with Crippen molar-refractivity contribution in [2.75, 3.05) is 13.1 Å². The highest BCUT2D eigenvalue weighted by molar-refractivity contribution is 7.88. The Hall–Kier alpha value is -1.51. The van der Waals surface area contributed by atoms with Gasteiger partial charge in [-0.3, -0.25) is 10.1 Å². The van der Waals surface area contributed by atoms with Crippen LogP contribution in [-0.4, -0.2) is 36.8 Å². The molecule has 0 amide bonds. The number of nitrogens with zero attached hydrogens (tertiary/aromatic N) is 2. The quantitative estimate of drug-likeness (QED) is 0.638. The van der Waals surface area contributed by atoms with Gasteiger partial charge in [0, 0.05) is 31.3 Å². The Morgan fingerprint density at radius 1 is 1.37 bits per heavy atom. The Bertz CT molecular complexity index is 570. The third-order valence-corrected chi connectivity index (χ3v) is 4.89. The molecule has 1 unspecified atom stereocenters. The van der Waals surface area contributed by atoms with E-state index in [1.54, 1.807) is 0 Å². The summed E-state index contributed by atoms with van der Waals surface area (Å²) in [5.41, 5.74) is 6.17. The summed E-state index contributed by atoms with van der Waals surface area (Å²) in [7, 11) is -3.40. The minimum Gasteiger partial charge on any atom is -0.326 e. The Balaban J connectivity index is 2.10. The lowest BCUT2D eigenvalue weighted by atomic mass is 10.2. The fourth-order valence-electron chi connectivity index (χ4n) is 2.02. The van der Waals surface area contributed by atoms with E-state index < -0.39 is 14.9 Å². The van der Waals surface area contributed by atoms with Gasteiger partial charge in [-0.05, 0) is 12.0 Å². The molecule has 1 atom stereocenters. The van der Waals surface area contributed by atoms with Crippen molar-refractivity contribution in [2.45, 2.75) is 18.2 Å². The van der Waals surface area contributed by atoms with E-state index in [1.165, 1.54) is 28.6 Å². The first-order valence-electron chi connectivity index (χ1n) is 5.85. The maximum absolute atomic E-state index is 12.1. The first-order valence-corrected chi connectivity index (χ1v) is 7.46. The zero-order valence-corrected chi connectivity index (χ0v) is 11.0. The van der Waals surface area contributed by atoms with Crippen LogP contribution in [0.3, 0.4) is 0 Å². The zero-order valence-electron chi connectivity index (χ0n) is 10.2. The molecule has 7 nitrogen and oxygen atoms in total. The number of hydrogen-bond donors (Lipinski definition) is 1. The van der Waals surface area contributed by atoms with E-state index in [0.29, 0.717) is 25.1 Å². The Morgan fingerprint density at radius 3 is 2.47 bits per heavy atom. The van der Waals surface area contributed by atoms with Crippen molar-refractivity contribution in [3.05, 3.63) is 39.9 Å². The molecule has 0 saturated carbocycles. The van der Waals surface area contributed by atoms with Crippen LogP contribution in [0.2, 0.25) is 0 Å². The van der Waals surface area contributed by atoms with Gasteiger partial charge in [-0.25, -0.2) is 12.7 Å². The number of nitro groups is 1. The van der Waals surface area contributed by atoms with Gasteiger partial charge < -0.3 is 5.73 Å². The van der Waals surface area contributed by atoms with Crippen LogP contribution in [0.5, 0.6) is 0 Å². The number of nitrogens with two attached hydrogens (primary N) is 1. The Kier molecular flexibility index (Phi) is 3.83. The van der Waals surface area contributed by atoms with Crippen LogP contribution >= 0.6 is 0 Å². The minimum atomic E-state index is -3.40. The molecular weight excluding hydrogens is 270 g/mol. The first kappa shape index (κ1) is 13.9. The molecule has 2 rings (SSSR count). The highest BCUT2D eigenvalue weighted by Gasteiger charge is 2.29. The topological polar surface area (TPSA) is 107 Å². The van der Waals surface area contributed by atoms with Crippen molar-refractivity contribution in [3.8, 4) is 0 Å². The van der Waals surface area contributed by atoms with Gasteiger partial charge in [-0.15, -0.1) is 0 Å². The van der Waals surface area contributed by atoms with Crippen molar-refractivity contribution in [1.29, 1.82) is 0 Å². The molecular formula is C11H15N3O4S. The number of benzene rings is 1. The molecule has 1 saturated heterocycles. The van der Waals surface area contributed by atoms with Crippen LogP contribution in [0, 0.1) is 10.1 Å². The van der Waals surface area contributed by atoms with E-state index in [2.05, 4.69) is 0 Å². The van der Waals surface area contributed by atoms with Gasteiger partial charge in [0.15, 0.2) is 0 Å². The lowest BCUT2D eigenvalue weighted by molar-refractivity contribution is -0.384. The standard InChI is InChI=1S/C11H15N3O4S/c12-10-5-6-13(7-10)19(17,18)8-9-1-3-11(4-2-9)14(15)16/h1-4,10H,5-8,12H2. The van der Waals surface area contributed by atoms with E-state index in [0.717, 1.165) is 0 Å². The second kappa shape index (κ2) is 5.24. The van der Waals surface area contributed by atoms with Gasteiger partial charge in [0.2, 0.25) is 10.0 Å². The lowest BCUT2D eigenvalue weighted by Crippen LogP contribution is -2.32. The molecule has 1 aliphatic heterocycles. The predicted octanol–water partition coefficient (Wildman–Crippen LogP) is 0.458. The first-order chi connectivity index (χ1) is 8.88. The summed E-state index contributed by atoms with van der Waals surface area (Å²) in [4.78, 5) is 9.99. The van der Waals surface area contributed by atoms with Crippen molar-refractivity contribution >= 4 is 15.7 Å². The van der Waals surface area contributed by atoms with Gasteiger partial charge in [-0.1, -0.05) is 12.1 Å². The van der Waals surface area contributed by atoms with Crippen molar-refractivity contribution in [3.63, 3.8) is 0 Å². The van der Waals surface area contributed by atoms with Gasteiger partial charge in [0.25, 0.3) is 5.69 Å². The lowest BCUT2D eigenvalue weighted by Gasteiger charge is -2.15. The Labute approximate surface area is 111 Å². The van der Waals surface area contributed by atoms with Crippen LogP contribution in [0.1, 0.15) is 12.0 Å². The van der Waals surface area contributed by atoms with Gasteiger partial charge in [-0.2, -0.15) is 0 Å². The minimum absolute atomic E-state index is 0.0515. The molecule has 19 heavy (non-hydrogen) atoms. The number of non-ortho nitro benzene ring substituents is 1. The Morgan fingerprint density at radius 2 is 2.00 bits per heavy atom. The molecule has 0 radical (unpaired) electrons. The fourth-order valence-corrected chi connectivity index (χ4v) is 3.62. The molecule has 1 heterocycles. The third-order valence-electron chi connectivity index (χ3n) is 3.08. The molecule has 2 N–H and O–H groups in total. The smallest absolute Gasteiger partial charge is 0.269 e. The normalized spacial score (nSPS) is 20.6. The summed E-state index contributed by atoms with van der Waals surface area (Å²) in [6.07, 6.45) is 0.666. The van der Waals surface area contributed by atoms with Gasteiger partial charge in [0.1, 0.15) is 0 Å². The monoisotopic (exact) mass is 285 g/mol. The van der Waals surface area contributed by atoms with E-state index >= 15 is 0 Å². The maximum Gasteiger partial charge on any atom is 0.269 e. The molecule has 104 valence electrons. The number of rotatable bonds is 4. The average Bonchev–Trinajstić information content (AvgIpc) is 2.77. The fraction of sp³-hybridized carbons (Fsp3) is 0.455. The largest absolute Gasteiger partial charge is 0.326 e. The van der Waals surface area contributed by atoms with Crippen molar-refractivity contribution in [1.82, 2.24) is 4.31 Å². The van der Waals surface area contributed by atoms with Crippen LogP contribution in [0.15, 0.2) is 24.3 Å². The average molecular weight is 285 g/mol. The number of sulfonamides is 1. The van der Waals surface area contributed by atoms with Crippen LogP contribution < -0.4 is 5.73 Å². The summed E-state index contributed by atoms with van der Waals surface area (Å²) in [5, 5.41) is 10.5. The SMILES string of the molecule is NC1CCN(S(=O)(=O)Cc2ccc([N+](=O)[O-])cc2)C1. The van der Waals surface area contributed by atoms with E-state index in [1.807, 2.05) is 0 Å². The highest BCUT2D eigenvalue weighted by Crippen LogP contribution is 2.18. The molecule has 0 spiro atoms. The predicted molar refractivity (Wildman–Crippen MR) is 69.9 cm³/mol. The second-order valence-electron chi connectivity index (χ2n) is 4.59. The van der Waals surface area contributed by atoms with Crippen LogP contribution in [0.4, 0.5) is 5.69 Å². The summed E-state index contributed by atoms with van der Waals surface area (Å²) < 4.78 is 25.6. The second-order valence-corrected chi connectivity index (χ2v) is 6.56. The van der Waals surface area contributed by atoms with E-state index in [4.69, 9.17) is 5.73 Å². The molecule has 1 aromatic carbocycles. The number of hydrogen-bond acceptors (Lipinski definition) is 5. The molecule has 8 heteroatoms. The molecule has 1 aliphatic rings. The third kappa shape index (κ3) is 3.28. The summed E-state index contributed by atoms with van der Waals surface area (Å²) in [6, 6.07) is 5.44. The molecule has 0 aromatic heterocycles. The maximum atomic E-state index is 12.1.